The third kappa shape index (κ3) is 7.77. The van der Waals surface area contributed by atoms with Gasteiger partial charge in [-0.1, -0.05) is 6.92 Å². The van der Waals surface area contributed by atoms with Crippen LogP contribution in [0.15, 0.2) is 11.2 Å². The Kier molecular flexibility index (Phi) is 8.18. The van der Waals surface area contributed by atoms with Crippen LogP contribution in [0.2, 0.25) is 0 Å². The van der Waals surface area contributed by atoms with Crippen LogP contribution in [0.1, 0.15) is 44.5 Å². The first-order chi connectivity index (χ1) is 11.2. The molecular weight excluding hydrogens is 322 g/mol. The number of amides is 1. The van der Waals surface area contributed by atoms with Crippen molar-refractivity contribution in [2.24, 2.45) is 4.99 Å². The Morgan fingerprint density at radius 3 is 2.62 bits per heavy atom. The topological polar surface area (TPSA) is 69.6 Å². The molecule has 1 rings (SSSR count). The minimum Gasteiger partial charge on any atom is -0.357 e. The predicted octanol–water partition coefficient (Wildman–Crippen LogP) is 2.06. The number of guanidine groups is 1. The first-order valence-corrected chi connectivity index (χ1v) is 9.30. The van der Waals surface area contributed by atoms with Crippen LogP contribution in [-0.4, -0.2) is 54.0 Å². The van der Waals surface area contributed by atoms with E-state index in [1.165, 1.54) is 4.88 Å². The van der Waals surface area contributed by atoms with Gasteiger partial charge < -0.3 is 15.5 Å². The summed E-state index contributed by atoms with van der Waals surface area (Å²) in [5.74, 6) is 0.733. The van der Waals surface area contributed by atoms with E-state index in [4.69, 9.17) is 0 Å². The molecule has 0 saturated carbocycles. The Morgan fingerprint density at radius 1 is 1.38 bits per heavy atom. The fourth-order valence-electron chi connectivity index (χ4n) is 2.10. The average Bonchev–Trinajstić information content (AvgIpc) is 2.92. The Labute approximate surface area is 149 Å². The number of aromatic nitrogens is 1. The second-order valence-corrected chi connectivity index (χ2v) is 7.91. The van der Waals surface area contributed by atoms with Gasteiger partial charge in [-0.3, -0.25) is 9.79 Å². The number of hydrogen-bond acceptors (Lipinski definition) is 4. The summed E-state index contributed by atoms with van der Waals surface area (Å²) < 4.78 is 0. The molecule has 0 fully saturated rings. The zero-order valence-electron chi connectivity index (χ0n) is 15.8. The largest absolute Gasteiger partial charge is 0.357 e. The highest BCUT2D eigenvalue weighted by atomic mass is 32.1. The van der Waals surface area contributed by atoms with E-state index in [-0.39, 0.29) is 18.0 Å². The van der Waals surface area contributed by atoms with Gasteiger partial charge in [0, 0.05) is 43.2 Å². The van der Waals surface area contributed by atoms with E-state index in [0.717, 1.165) is 30.4 Å². The number of aryl methyl sites for hydroxylation is 1. The summed E-state index contributed by atoms with van der Waals surface area (Å²) in [5, 5.41) is 7.31. The molecular formula is C17H31N5OS. The highest BCUT2D eigenvalue weighted by Crippen LogP contribution is 2.13. The first-order valence-electron chi connectivity index (χ1n) is 8.49. The fraction of sp³-hybridized carbons (Fsp3) is 0.706. The molecule has 1 aromatic rings. The van der Waals surface area contributed by atoms with Crippen molar-refractivity contribution in [1.82, 2.24) is 20.5 Å². The van der Waals surface area contributed by atoms with Gasteiger partial charge in [-0.15, -0.1) is 11.3 Å². The quantitative estimate of drug-likeness (QED) is 0.581. The van der Waals surface area contributed by atoms with Crippen LogP contribution < -0.4 is 10.6 Å². The molecule has 24 heavy (non-hydrogen) atoms. The van der Waals surface area contributed by atoms with Crippen molar-refractivity contribution in [3.8, 4) is 0 Å². The summed E-state index contributed by atoms with van der Waals surface area (Å²) in [7, 11) is 1.88. The number of carbonyl (C=O) groups is 1. The number of nitrogens with one attached hydrogen (secondary N) is 2. The Hall–Kier alpha value is -1.63. The summed E-state index contributed by atoms with van der Waals surface area (Å²) in [6.45, 7) is 11.8. The molecule has 0 radical (unpaired) electrons. The molecule has 1 amide bonds. The van der Waals surface area contributed by atoms with E-state index in [9.17, 15) is 4.79 Å². The van der Waals surface area contributed by atoms with Crippen molar-refractivity contribution in [2.45, 2.75) is 53.0 Å². The minimum atomic E-state index is -0.227. The first kappa shape index (κ1) is 20.4. The molecule has 0 aromatic carbocycles. The van der Waals surface area contributed by atoms with Gasteiger partial charge in [0.15, 0.2) is 5.96 Å². The third-order valence-corrected chi connectivity index (χ3v) is 4.33. The number of hydrogen-bond donors (Lipinski definition) is 2. The maximum absolute atomic E-state index is 12.1. The van der Waals surface area contributed by atoms with Crippen molar-refractivity contribution in [2.75, 3.05) is 26.7 Å². The van der Waals surface area contributed by atoms with Crippen molar-refractivity contribution >= 4 is 23.2 Å². The molecule has 7 heteroatoms. The van der Waals surface area contributed by atoms with Crippen molar-refractivity contribution in [1.29, 1.82) is 0 Å². The van der Waals surface area contributed by atoms with Crippen LogP contribution in [0.25, 0.3) is 0 Å². The third-order valence-electron chi connectivity index (χ3n) is 3.13. The lowest BCUT2D eigenvalue weighted by atomic mass is 10.1. The van der Waals surface area contributed by atoms with Crippen molar-refractivity contribution in [3.63, 3.8) is 0 Å². The highest BCUT2D eigenvalue weighted by molar-refractivity contribution is 7.11. The van der Waals surface area contributed by atoms with E-state index >= 15 is 0 Å². The molecule has 0 unspecified atom stereocenters. The maximum atomic E-state index is 12.1. The zero-order valence-corrected chi connectivity index (χ0v) is 16.6. The summed E-state index contributed by atoms with van der Waals surface area (Å²) >= 11 is 1.74. The molecule has 1 heterocycles. The van der Waals surface area contributed by atoms with E-state index < -0.39 is 0 Å². The lowest BCUT2D eigenvalue weighted by Crippen LogP contribution is -2.48. The van der Waals surface area contributed by atoms with Gasteiger partial charge in [0.25, 0.3) is 0 Å². The van der Waals surface area contributed by atoms with Gasteiger partial charge in [0.2, 0.25) is 5.91 Å². The lowest BCUT2D eigenvalue weighted by Gasteiger charge is -2.25. The number of likely N-dealkylation sites (N-methyl/N-ethyl adjacent to an activating group) is 1. The van der Waals surface area contributed by atoms with Crippen LogP contribution in [0.4, 0.5) is 0 Å². The van der Waals surface area contributed by atoms with Gasteiger partial charge in [-0.25, -0.2) is 4.98 Å². The second-order valence-electron chi connectivity index (χ2n) is 6.71. The number of thiazole rings is 1. The monoisotopic (exact) mass is 353 g/mol. The van der Waals surface area contributed by atoms with Crippen LogP contribution in [-0.2, 0) is 17.6 Å². The Morgan fingerprint density at radius 2 is 2.08 bits per heavy atom. The smallest absolute Gasteiger partial charge is 0.240 e. The van der Waals surface area contributed by atoms with Gasteiger partial charge in [-0.05, 0) is 34.1 Å². The molecule has 0 atom stereocenters. The van der Waals surface area contributed by atoms with E-state index in [1.54, 1.807) is 11.3 Å². The van der Waals surface area contributed by atoms with Crippen molar-refractivity contribution in [3.05, 3.63) is 16.1 Å². The molecule has 2 N–H and O–H groups in total. The molecule has 6 nitrogen and oxygen atoms in total. The predicted molar refractivity (Wildman–Crippen MR) is 102 cm³/mol. The zero-order chi connectivity index (χ0) is 18.2. The van der Waals surface area contributed by atoms with Crippen LogP contribution in [0.3, 0.4) is 0 Å². The molecule has 0 saturated heterocycles. The molecule has 136 valence electrons. The maximum Gasteiger partial charge on any atom is 0.240 e. The summed E-state index contributed by atoms with van der Waals surface area (Å²) in [6, 6.07) is 0. The average molecular weight is 354 g/mol. The summed E-state index contributed by atoms with van der Waals surface area (Å²) in [6.07, 6.45) is 3.79. The highest BCUT2D eigenvalue weighted by Gasteiger charge is 2.16. The van der Waals surface area contributed by atoms with E-state index in [1.807, 2.05) is 45.8 Å². The molecule has 0 aliphatic heterocycles. The Bertz CT molecular complexity index is 547. The van der Waals surface area contributed by atoms with Crippen LogP contribution >= 0.6 is 11.3 Å². The van der Waals surface area contributed by atoms with Crippen LogP contribution in [0.5, 0.6) is 0 Å². The van der Waals surface area contributed by atoms with Gasteiger partial charge in [-0.2, -0.15) is 0 Å². The standard InChI is InChI=1S/C17H31N5OS/c1-7-13-11-20-15(24-13)9-10-19-16(18-8-2)22(6)12-14(23)21-17(3,4)5/h11H,7-10,12H2,1-6H3,(H,18,19)(H,21,23). The number of aliphatic imine (C=N–C) groups is 1. The minimum absolute atomic E-state index is 0.0110. The van der Waals surface area contributed by atoms with Gasteiger partial charge in [0.1, 0.15) is 0 Å². The SMILES string of the molecule is CCNC(=NCCc1ncc(CC)s1)N(C)CC(=O)NC(C)(C)C. The van der Waals surface area contributed by atoms with E-state index in [2.05, 4.69) is 27.5 Å². The second kappa shape index (κ2) is 9.61. The normalized spacial score (nSPS) is 12.2. The molecule has 1 aromatic heterocycles. The molecule has 0 spiro atoms. The van der Waals surface area contributed by atoms with Crippen LogP contribution in [0, 0.1) is 0 Å². The van der Waals surface area contributed by atoms with Gasteiger partial charge in [0.05, 0.1) is 11.6 Å². The Balaban J connectivity index is 2.58. The molecule has 0 aliphatic carbocycles. The van der Waals surface area contributed by atoms with E-state index in [0.29, 0.717) is 6.54 Å². The molecule has 0 aliphatic rings. The molecule has 0 bridgehead atoms. The lowest BCUT2D eigenvalue weighted by molar-refractivity contribution is -0.122. The number of carbonyl (C=O) groups excluding carboxylic acids is 1. The number of nitrogens with zero attached hydrogens (tertiary/aromatic N) is 3. The van der Waals surface area contributed by atoms with Gasteiger partial charge >= 0.3 is 0 Å². The van der Waals surface area contributed by atoms with Crippen molar-refractivity contribution < 1.29 is 4.79 Å². The summed E-state index contributed by atoms with van der Waals surface area (Å²) in [5.41, 5.74) is -0.227. The summed E-state index contributed by atoms with van der Waals surface area (Å²) in [4.78, 5) is 24.2. The number of rotatable bonds is 7. The fourth-order valence-corrected chi connectivity index (χ4v) is 2.95.